The van der Waals surface area contributed by atoms with Crippen molar-refractivity contribution in [3.63, 3.8) is 0 Å². The maximum Gasteiger partial charge on any atom is 0.0467 e. The topological polar surface area (TPSA) is 3.24 Å². The summed E-state index contributed by atoms with van der Waals surface area (Å²) >= 11 is 0. The average Bonchev–Trinajstić information content (AvgIpc) is 2.66. The van der Waals surface area contributed by atoms with Crippen LogP contribution in [-0.4, -0.2) is 0 Å². The van der Waals surface area contributed by atoms with Crippen molar-refractivity contribution in [2.24, 2.45) is 11.8 Å². The molecule has 0 radical (unpaired) electrons. The lowest BCUT2D eigenvalue weighted by molar-refractivity contribution is 0.310. The van der Waals surface area contributed by atoms with E-state index in [1.807, 2.05) is 4.90 Å². The Hall–Kier alpha value is -2.54. The van der Waals surface area contributed by atoms with Crippen molar-refractivity contribution >= 4 is 16.5 Å². The number of allylic oxidation sites excluding steroid dienone is 2. The monoisotopic (exact) mass is 373 g/mol. The maximum atomic E-state index is 4.10. The number of fused-ring (bicyclic) bond motifs is 1. The van der Waals surface area contributed by atoms with Crippen LogP contribution >= 0.6 is 0 Å². The van der Waals surface area contributed by atoms with Crippen LogP contribution in [0.15, 0.2) is 86.3 Å². The summed E-state index contributed by atoms with van der Waals surface area (Å²) in [5.41, 5.74) is 4.09. The van der Waals surface area contributed by atoms with Crippen molar-refractivity contribution in [2.45, 2.75) is 46.5 Å². The number of rotatable bonds is 9. The second-order valence-corrected chi connectivity index (χ2v) is 8.78. The van der Waals surface area contributed by atoms with Gasteiger partial charge in [-0.2, -0.15) is 0 Å². The van der Waals surface area contributed by atoms with E-state index in [4.69, 9.17) is 0 Å². The third-order valence-electron chi connectivity index (χ3n) is 5.88. The number of hydrogen-bond donors (Lipinski definition) is 0. The van der Waals surface area contributed by atoms with Gasteiger partial charge in [0.05, 0.1) is 0 Å². The molecule has 148 valence electrons. The smallest absolute Gasteiger partial charge is 0.0467 e. The molecular weight excluding hydrogens is 338 g/mol. The van der Waals surface area contributed by atoms with Gasteiger partial charge in [-0.1, -0.05) is 85.2 Å². The summed E-state index contributed by atoms with van der Waals surface area (Å²) in [7, 11) is 0. The summed E-state index contributed by atoms with van der Waals surface area (Å²) in [6.45, 7) is 27.6. The summed E-state index contributed by atoms with van der Waals surface area (Å²) in [5.74, 6) is 1.37. The van der Waals surface area contributed by atoms with Gasteiger partial charge in [-0.25, -0.2) is 0 Å². The third-order valence-corrected chi connectivity index (χ3v) is 5.88. The van der Waals surface area contributed by atoms with E-state index in [1.165, 1.54) is 22.8 Å². The minimum atomic E-state index is 0.128. The fraction of sp³-hybridized carbons (Fsp3) is 0.333. The van der Waals surface area contributed by atoms with Crippen LogP contribution in [0.3, 0.4) is 0 Å². The minimum Gasteiger partial charge on any atom is -0.312 e. The van der Waals surface area contributed by atoms with Gasteiger partial charge in [0.2, 0.25) is 0 Å². The largest absolute Gasteiger partial charge is 0.312 e. The van der Waals surface area contributed by atoms with E-state index in [-0.39, 0.29) is 5.41 Å². The molecule has 2 aromatic rings. The van der Waals surface area contributed by atoms with E-state index in [9.17, 15) is 0 Å². The summed E-state index contributed by atoms with van der Waals surface area (Å²) in [6.07, 6.45) is 4.65. The molecular formula is C27H35N. The molecule has 0 aliphatic carbocycles. The van der Waals surface area contributed by atoms with E-state index in [2.05, 4.69) is 97.3 Å². The first-order valence-electron chi connectivity index (χ1n) is 10.1. The van der Waals surface area contributed by atoms with Crippen molar-refractivity contribution in [3.8, 4) is 0 Å². The zero-order valence-electron chi connectivity index (χ0n) is 18.3. The molecule has 0 aliphatic heterocycles. The van der Waals surface area contributed by atoms with Gasteiger partial charge < -0.3 is 4.90 Å². The van der Waals surface area contributed by atoms with Gasteiger partial charge in [-0.3, -0.25) is 0 Å². The molecule has 0 spiro atoms. The fourth-order valence-electron chi connectivity index (χ4n) is 3.65. The molecule has 28 heavy (non-hydrogen) atoms. The van der Waals surface area contributed by atoms with E-state index < -0.39 is 0 Å². The Morgan fingerprint density at radius 2 is 1.50 bits per heavy atom. The summed E-state index contributed by atoms with van der Waals surface area (Å²) in [5, 5.41) is 2.45. The first kappa shape index (κ1) is 21.8. The highest BCUT2D eigenvalue weighted by molar-refractivity contribution is 5.87. The summed E-state index contributed by atoms with van der Waals surface area (Å²) in [4.78, 5) is 1.98. The Bertz CT molecular complexity index is 878. The highest BCUT2D eigenvalue weighted by Crippen LogP contribution is 2.36. The normalized spacial score (nSPS) is 12.6. The average molecular weight is 374 g/mol. The Morgan fingerprint density at radius 1 is 0.929 bits per heavy atom. The summed E-state index contributed by atoms with van der Waals surface area (Å²) in [6, 6.07) is 13.3. The molecule has 1 nitrogen and oxygen atoms in total. The van der Waals surface area contributed by atoms with Crippen molar-refractivity contribution in [2.75, 3.05) is 4.90 Å². The van der Waals surface area contributed by atoms with Gasteiger partial charge in [0.25, 0.3) is 0 Å². The molecule has 0 N–H and O–H groups in total. The predicted octanol–water partition coefficient (Wildman–Crippen LogP) is 8.01. The van der Waals surface area contributed by atoms with E-state index >= 15 is 0 Å². The van der Waals surface area contributed by atoms with Crippen molar-refractivity contribution in [1.29, 1.82) is 0 Å². The molecule has 0 fully saturated rings. The summed E-state index contributed by atoms with van der Waals surface area (Å²) < 4.78 is 0. The molecule has 1 atom stereocenters. The van der Waals surface area contributed by atoms with Crippen LogP contribution in [0.25, 0.3) is 10.8 Å². The van der Waals surface area contributed by atoms with Crippen molar-refractivity contribution < 1.29 is 0 Å². The number of benzene rings is 2. The van der Waals surface area contributed by atoms with Gasteiger partial charge in [-0.05, 0) is 64.3 Å². The van der Waals surface area contributed by atoms with Gasteiger partial charge >= 0.3 is 0 Å². The van der Waals surface area contributed by atoms with Crippen LogP contribution in [0.5, 0.6) is 0 Å². The number of nitrogens with zero attached hydrogens (tertiary/aromatic N) is 1. The standard InChI is InChI=1S/C27H35N/c1-10-21(6)28(22(7)11-2)26-15-13-23-12-14-25(16-24(23)17-26)27(8,9)18-20(5)19(3)4/h10-17,19-20H,1-2,6-7,18H2,3-5,8-9H3. The van der Waals surface area contributed by atoms with Crippen molar-refractivity contribution in [3.05, 3.63) is 91.8 Å². The Labute approximate surface area is 171 Å². The quantitative estimate of drug-likeness (QED) is 0.402. The van der Waals surface area contributed by atoms with E-state index in [1.54, 1.807) is 12.2 Å². The third kappa shape index (κ3) is 4.65. The molecule has 0 amide bonds. The zero-order chi connectivity index (χ0) is 21.1. The number of anilines is 1. The minimum absolute atomic E-state index is 0.128. The molecule has 0 saturated heterocycles. The maximum absolute atomic E-state index is 4.10. The lowest BCUT2D eigenvalue weighted by Gasteiger charge is -2.31. The first-order valence-corrected chi connectivity index (χ1v) is 10.1. The lowest BCUT2D eigenvalue weighted by Crippen LogP contribution is -2.23. The van der Waals surface area contributed by atoms with E-state index in [0.717, 1.165) is 17.1 Å². The zero-order valence-corrected chi connectivity index (χ0v) is 18.3. The van der Waals surface area contributed by atoms with E-state index in [0.29, 0.717) is 11.8 Å². The van der Waals surface area contributed by atoms with Crippen LogP contribution < -0.4 is 4.90 Å². The second kappa shape index (κ2) is 8.65. The molecule has 1 heteroatoms. The molecule has 0 aliphatic rings. The SMILES string of the molecule is C=CC(=C)N(C(=C)C=C)c1ccc2ccc(C(C)(C)CC(C)C(C)C)cc2c1. The molecule has 0 saturated carbocycles. The Balaban J connectivity index is 2.50. The van der Waals surface area contributed by atoms with Crippen molar-refractivity contribution in [1.82, 2.24) is 0 Å². The Morgan fingerprint density at radius 3 is 2.04 bits per heavy atom. The molecule has 1 unspecified atom stereocenters. The highest BCUT2D eigenvalue weighted by Gasteiger charge is 2.25. The van der Waals surface area contributed by atoms with Crippen LogP contribution in [-0.2, 0) is 5.41 Å². The van der Waals surface area contributed by atoms with Crippen LogP contribution in [0.4, 0.5) is 5.69 Å². The second-order valence-electron chi connectivity index (χ2n) is 8.78. The van der Waals surface area contributed by atoms with Gasteiger partial charge in [0, 0.05) is 17.1 Å². The van der Waals surface area contributed by atoms with Gasteiger partial charge in [0.1, 0.15) is 0 Å². The van der Waals surface area contributed by atoms with Gasteiger partial charge in [0.15, 0.2) is 0 Å². The van der Waals surface area contributed by atoms with Crippen LogP contribution in [0.2, 0.25) is 0 Å². The van der Waals surface area contributed by atoms with Crippen LogP contribution in [0.1, 0.15) is 46.6 Å². The highest BCUT2D eigenvalue weighted by atomic mass is 15.1. The lowest BCUT2D eigenvalue weighted by atomic mass is 9.74. The Kier molecular flexibility index (Phi) is 6.72. The molecule has 2 rings (SSSR count). The molecule has 0 aromatic heterocycles. The first-order chi connectivity index (χ1) is 13.1. The molecule has 2 aromatic carbocycles. The molecule has 0 heterocycles. The molecule has 0 bridgehead atoms. The van der Waals surface area contributed by atoms with Gasteiger partial charge in [-0.15, -0.1) is 0 Å². The predicted molar refractivity (Wildman–Crippen MR) is 127 cm³/mol. The fourth-order valence-corrected chi connectivity index (χ4v) is 3.65. The number of hydrogen-bond acceptors (Lipinski definition) is 1. The van der Waals surface area contributed by atoms with Crippen LogP contribution in [0, 0.1) is 11.8 Å².